The molecule has 2 aromatic rings. The van der Waals surface area contributed by atoms with Gasteiger partial charge >= 0.3 is 0 Å². The molecule has 2 rings (SSSR count). The van der Waals surface area contributed by atoms with Crippen molar-refractivity contribution in [1.82, 2.24) is 9.55 Å². The van der Waals surface area contributed by atoms with Crippen molar-refractivity contribution < 1.29 is 4.39 Å². The number of aromatic nitrogens is 2. The number of benzene rings is 1. The van der Waals surface area contributed by atoms with Crippen LogP contribution in [0.3, 0.4) is 0 Å². The number of nitrogens with zero attached hydrogens (tertiary/aromatic N) is 2. The minimum absolute atomic E-state index is 0.484. The van der Waals surface area contributed by atoms with Gasteiger partial charge in [-0.3, -0.25) is 0 Å². The molecular formula is C16H18ClFN2. The Morgan fingerprint density at radius 3 is 2.45 bits per heavy atom. The molecule has 0 spiro atoms. The molecule has 4 heteroatoms. The van der Waals surface area contributed by atoms with Gasteiger partial charge in [0.05, 0.1) is 12.0 Å². The van der Waals surface area contributed by atoms with Crippen molar-refractivity contribution in [3.63, 3.8) is 0 Å². The summed E-state index contributed by atoms with van der Waals surface area (Å²) in [6.07, 6.45) is 5.73. The maximum absolute atomic E-state index is 14.8. The summed E-state index contributed by atoms with van der Waals surface area (Å²) >= 11 is 5.87. The fourth-order valence-corrected chi connectivity index (χ4v) is 1.99. The Kier molecular flexibility index (Phi) is 4.29. The number of rotatable bonds is 3. The predicted molar refractivity (Wildman–Crippen MR) is 82.2 cm³/mol. The van der Waals surface area contributed by atoms with E-state index in [2.05, 4.69) is 4.98 Å². The lowest BCUT2D eigenvalue weighted by Crippen LogP contribution is -2.25. The fraction of sp³-hybridized carbons (Fsp3) is 0.312. The first kappa shape index (κ1) is 14.8. The van der Waals surface area contributed by atoms with Gasteiger partial charge < -0.3 is 4.57 Å². The second-order valence-electron chi connectivity index (χ2n) is 5.82. The van der Waals surface area contributed by atoms with Crippen LogP contribution in [0.5, 0.6) is 0 Å². The van der Waals surface area contributed by atoms with Crippen LogP contribution in [-0.4, -0.2) is 15.7 Å². The van der Waals surface area contributed by atoms with E-state index >= 15 is 0 Å². The maximum atomic E-state index is 14.8. The predicted octanol–water partition coefficient (Wildman–Crippen LogP) is 4.92. The molecule has 0 radical (unpaired) electrons. The average molecular weight is 293 g/mol. The molecule has 1 atom stereocenters. The third kappa shape index (κ3) is 3.48. The van der Waals surface area contributed by atoms with Gasteiger partial charge in [0.1, 0.15) is 6.17 Å². The second kappa shape index (κ2) is 5.80. The van der Waals surface area contributed by atoms with Gasteiger partial charge in [-0.1, -0.05) is 44.5 Å². The number of hydrogen-bond acceptors (Lipinski definition) is 1. The van der Waals surface area contributed by atoms with Crippen molar-refractivity contribution in [3.8, 4) is 0 Å². The summed E-state index contributed by atoms with van der Waals surface area (Å²) in [5.74, 6) is 0. The fourth-order valence-electron chi connectivity index (χ4n) is 1.86. The lowest BCUT2D eigenvalue weighted by atomic mass is 9.87. The molecule has 0 amide bonds. The molecule has 0 unspecified atom stereocenters. The van der Waals surface area contributed by atoms with Crippen LogP contribution < -0.4 is 0 Å². The van der Waals surface area contributed by atoms with Gasteiger partial charge in [0.15, 0.2) is 0 Å². The van der Waals surface area contributed by atoms with Crippen LogP contribution in [0.25, 0.3) is 11.8 Å². The summed E-state index contributed by atoms with van der Waals surface area (Å²) in [5, 5.41) is 0.666. The van der Waals surface area contributed by atoms with Gasteiger partial charge in [-0.25, -0.2) is 9.37 Å². The molecule has 0 aliphatic heterocycles. The Hall–Kier alpha value is -1.61. The zero-order valence-corrected chi connectivity index (χ0v) is 12.6. The molecule has 0 saturated heterocycles. The molecular weight excluding hydrogens is 275 g/mol. The monoisotopic (exact) mass is 292 g/mol. The molecule has 0 aliphatic rings. The summed E-state index contributed by atoms with van der Waals surface area (Å²) < 4.78 is 16.5. The summed E-state index contributed by atoms with van der Waals surface area (Å²) in [6, 6.07) is 7.33. The zero-order chi connectivity index (χ0) is 14.8. The normalized spacial score (nSPS) is 14.3. The molecule has 0 fully saturated rings. The summed E-state index contributed by atoms with van der Waals surface area (Å²) in [6.45, 7) is 5.64. The summed E-state index contributed by atoms with van der Waals surface area (Å²) in [7, 11) is 0. The van der Waals surface area contributed by atoms with Gasteiger partial charge in [0.25, 0.3) is 0 Å². The van der Waals surface area contributed by atoms with E-state index in [1.54, 1.807) is 35.4 Å². The van der Waals surface area contributed by atoms with Gasteiger partial charge in [-0.05, 0) is 29.2 Å². The van der Waals surface area contributed by atoms with Crippen LogP contribution in [0.4, 0.5) is 4.39 Å². The first-order valence-corrected chi connectivity index (χ1v) is 6.85. The van der Waals surface area contributed by atoms with Gasteiger partial charge in [0, 0.05) is 17.4 Å². The van der Waals surface area contributed by atoms with Crippen LogP contribution in [0.15, 0.2) is 43.0 Å². The van der Waals surface area contributed by atoms with Crippen LogP contribution in [-0.2, 0) is 0 Å². The Bertz CT molecular complexity index is 580. The molecule has 1 aromatic carbocycles. The van der Waals surface area contributed by atoms with Gasteiger partial charge in [-0.15, -0.1) is 0 Å². The maximum Gasteiger partial charge on any atom is 0.145 e. The highest BCUT2D eigenvalue weighted by atomic mass is 35.5. The van der Waals surface area contributed by atoms with Gasteiger partial charge in [0.2, 0.25) is 0 Å². The van der Waals surface area contributed by atoms with Crippen LogP contribution in [0.2, 0.25) is 5.02 Å². The molecule has 2 nitrogen and oxygen atoms in total. The Balaban J connectivity index is 2.44. The third-order valence-electron chi connectivity index (χ3n) is 3.01. The Morgan fingerprint density at radius 1 is 1.30 bits per heavy atom. The van der Waals surface area contributed by atoms with E-state index in [9.17, 15) is 4.39 Å². The smallest absolute Gasteiger partial charge is 0.145 e. The minimum atomic E-state index is -1.10. The van der Waals surface area contributed by atoms with Crippen LogP contribution in [0.1, 0.15) is 26.3 Å². The quantitative estimate of drug-likeness (QED) is 0.785. The van der Waals surface area contributed by atoms with E-state index in [1.165, 1.54) is 0 Å². The van der Waals surface area contributed by atoms with Crippen molar-refractivity contribution in [2.45, 2.75) is 26.9 Å². The lowest BCUT2D eigenvalue weighted by Gasteiger charge is -2.26. The molecule has 20 heavy (non-hydrogen) atoms. The second-order valence-corrected chi connectivity index (χ2v) is 6.26. The topological polar surface area (TPSA) is 17.8 Å². The highest BCUT2D eigenvalue weighted by Crippen LogP contribution is 2.32. The molecule has 0 saturated carbocycles. The highest BCUT2D eigenvalue weighted by Gasteiger charge is 2.28. The molecule has 1 aromatic heterocycles. The molecule has 0 aliphatic carbocycles. The van der Waals surface area contributed by atoms with E-state index in [-0.39, 0.29) is 0 Å². The zero-order valence-electron chi connectivity index (χ0n) is 11.8. The minimum Gasteiger partial charge on any atom is -0.307 e. The number of halogens is 2. The first-order chi connectivity index (χ1) is 9.38. The van der Waals surface area contributed by atoms with Crippen molar-refractivity contribution in [1.29, 1.82) is 0 Å². The molecule has 106 valence electrons. The van der Waals surface area contributed by atoms with Gasteiger partial charge in [-0.2, -0.15) is 0 Å². The Morgan fingerprint density at radius 2 is 1.95 bits per heavy atom. The van der Waals surface area contributed by atoms with E-state index in [4.69, 9.17) is 11.6 Å². The largest absolute Gasteiger partial charge is 0.307 e. The number of allylic oxidation sites excluding steroid dienone is 1. The van der Waals surface area contributed by atoms with E-state index in [0.29, 0.717) is 10.7 Å². The first-order valence-electron chi connectivity index (χ1n) is 6.47. The van der Waals surface area contributed by atoms with Crippen molar-refractivity contribution in [2.75, 3.05) is 0 Å². The standard InChI is InChI=1S/C16H18ClFN2/c1-16(2,3)15(18)14(20-9-8-19-11-20)10-12-4-6-13(17)7-5-12/h4-11,15H,1-3H3/b14-10+/t15-/m1/s1. The van der Waals surface area contributed by atoms with Crippen LogP contribution >= 0.6 is 11.6 Å². The lowest BCUT2D eigenvalue weighted by molar-refractivity contribution is 0.214. The van der Waals surface area contributed by atoms with Crippen molar-refractivity contribution >= 4 is 23.4 Å². The van der Waals surface area contributed by atoms with E-state index in [1.807, 2.05) is 39.0 Å². The van der Waals surface area contributed by atoms with E-state index < -0.39 is 11.6 Å². The third-order valence-corrected chi connectivity index (χ3v) is 3.26. The Labute approximate surface area is 123 Å². The number of alkyl halides is 1. The summed E-state index contributed by atoms with van der Waals surface area (Å²) in [5.41, 5.74) is 0.991. The van der Waals surface area contributed by atoms with Crippen molar-refractivity contribution in [2.24, 2.45) is 5.41 Å². The molecule has 0 bridgehead atoms. The number of imidazole rings is 1. The molecule has 1 heterocycles. The number of hydrogen-bond donors (Lipinski definition) is 0. The molecule has 0 N–H and O–H groups in total. The summed E-state index contributed by atoms with van der Waals surface area (Å²) in [4.78, 5) is 4.00. The van der Waals surface area contributed by atoms with E-state index in [0.717, 1.165) is 5.56 Å². The van der Waals surface area contributed by atoms with Crippen molar-refractivity contribution in [3.05, 3.63) is 53.6 Å². The average Bonchev–Trinajstić information content (AvgIpc) is 2.90. The SMILES string of the molecule is CC(C)(C)[C@H](F)/C(=C\c1ccc(Cl)cc1)n1ccnc1. The van der Waals surface area contributed by atoms with Crippen LogP contribution in [0, 0.1) is 5.41 Å². The highest BCUT2D eigenvalue weighted by molar-refractivity contribution is 6.30.